The normalized spacial score (nSPS) is 23.6. The van der Waals surface area contributed by atoms with Crippen molar-refractivity contribution in [1.29, 1.82) is 0 Å². The van der Waals surface area contributed by atoms with Gasteiger partial charge in [-0.3, -0.25) is 4.79 Å². The fraction of sp³-hybridized carbons (Fsp3) is 0.421. The van der Waals surface area contributed by atoms with Crippen LogP contribution in [0.15, 0.2) is 42.9 Å². The van der Waals surface area contributed by atoms with Crippen molar-refractivity contribution in [3.63, 3.8) is 0 Å². The minimum atomic E-state index is 0.0895. The number of carbonyl (C=O) groups is 1. The van der Waals surface area contributed by atoms with Gasteiger partial charge in [-0.2, -0.15) is 11.8 Å². The highest BCUT2D eigenvalue weighted by molar-refractivity contribution is 8.00. The van der Waals surface area contributed by atoms with E-state index < -0.39 is 0 Å². The zero-order chi connectivity index (χ0) is 16.4. The molecule has 0 unspecified atom stereocenters. The molecule has 2 atom stereocenters. The maximum absolute atomic E-state index is 13.3. The molecule has 2 aliphatic rings. The summed E-state index contributed by atoms with van der Waals surface area (Å²) in [6.45, 7) is 0.827. The molecule has 2 heterocycles. The minimum Gasteiger partial charge on any atom is -0.334 e. The Morgan fingerprint density at radius 1 is 1.17 bits per heavy atom. The molecule has 1 aromatic heterocycles. The van der Waals surface area contributed by atoms with Crippen LogP contribution in [0.1, 0.15) is 36.0 Å². The first-order valence-electron chi connectivity index (χ1n) is 8.62. The quantitative estimate of drug-likeness (QED) is 0.838. The molecule has 4 nitrogen and oxygen atoms in total. The summed E-state index contributed by atoms with van der Waals surface area (Å²) < 4.78 is 0. The zero-order valence-electron chi connectivity index (χ0n) is 13.6. The van der Waals surface area contributed by atoms with Crippen LogP contribution in [-0.4, -0.2) is 44.4 Å². The van der Waals surface area contributed by atoms with E-state index in [1.54, 1.807) is 6.20 Å². The molecule has 0 spiro atoms. The Morgan fingerprint density at radius 2 is 2.00 bits per heavy atom. The second-order valence-corrected chi connectivity index (χ2v) is 7.76. The molecule has 0 bridgehead atoms. The van der Waals surface area contributed by atoms with Crippen molar-refractivity contribution in [3.8, 4) is 11.3 Å². The largest absolute Gasteiger partial charge is 0.334 e. The van der Waals surface area contributed by atoms with Gasteiger partial charge in [0.05, 0.1) is 11.3 Å². The highest BCUT2D eigenvalue weighted by atomic mass is 32.2. The van der Waals surface area contributed by atoms with Crippen molar-refractivity contribution < 1.29 is 4.79 Å². The molecular formula is C19H21N3OS. The van der Waals surface area contributed by atoms with Gasteiger partial charge in [-0.15, -0.1) is 0 Å². The summed E-state index contributed by atoms with van der Waals surface area (Å²) >= 11 is 2.04. The van der Waals surface area contributed by atoms with E-state index in [1.807, 2.05) is 42.1 Å². The maximum atomic E-state index is 13.3. The molecule has 124 valence electrons. The fourth-order valence-corrected chi connectivity index (χ4v) is 5.26. The lowest BCUT2D eigenvalue weighted by Crippen LogP contribution is -2.51. The number of aromatic nitrogens is 2. The number of carbonyl (C=O) groups excluding carboxylic acids is 1. The van der Waals surface area contributed by atoms with Crippen LogP contribution in [0.4, 0.5) is 0 Å². The third-order valence-electron chi connectivity index (χ3n) is 4.98. The molecule has 1 saturated carbocycles. The number of amides is 1. The van der Waals surface area contributed by atoms with Gasteiger partial charge >= 0.3 is 0 Å². The van der Waals surface area contributed by atoms with Crippen molar-refractivity contribution in [1.82, 2.24) is 14.9 Å². The smallest absolute Gasteiger partial charge is 0.257 e. The third-order valence-corrected chi connectivity index (χ3v) is 6.38. The van der Waals surface area contributed by atoms with Crippen molar-refractivity contribution in [2.24, 2.45) is 0 Å². The van der Waals surface area contributed by atoms with Crippen LogP contribution in [-0.2, 0) is 0 Å². The van der Waals surface area contributed by atoms with Gasteiger partial charge in [0.1, 0.15) is 6.33 Å². The summed E-state index contributed by atoms with van der Waals surface area (Å²) in [5, 5.41) is 0.598. The summed E-state index contributed by atoms with van der Waals surface area (Å²) in [6.07, 6.45) is 8.07. The number of benzene rings is 1. The van der Waals surface area contributed by atoms with Gasteiger partial charge in [-0.1, -0.05) is 43.2 Å². The van der Waals surface area contributed by atoms with Gasteiger partial charge in [-0.25, -0.2) is 9.97 Å². The molecule has 24 heavy (non-hydrogen) atoms. The molecule has 1 aliphatic carbocycles. The standard InChI is InChI=1S/C19H21N3OS/c23-19(22-10-11-24-17-9-5-4-8-16(17)22)15-12-20-13-21-18(15)14-6-2-1-3-7-14/h1-3,6-7,12-13,16-17H,4-5,8-11H2/t16-,17+/m1/s1. The van der Waals surface area contributed by atoms with Gasteiger partial charge in [-0.05, 0) is 12.8 Å². The van der Waals surface area contributed by atoms with Crippen molar-refractivity contribution in [3.05, 3.63) is 48.4 Å². The Balaban J connectivity index is 1.67. The topological polar surface area (TPSA) is 46.1 Å². The van der Waals surface area contributed by atoms with Crippen molar-refractivity contribution in [2.75, 3.05) is 12.3 Å². The molecule has 5 heteroatoms. The van der Waals surface area contributed by atoms with Gasteiger partial charge in [0, 0.05) is 35.3 Å². The third kappa shape index (κ3) is 2.93. The predicted molar refractivity (Wildman–Crippen MR) is 97.0 cm³/mol. The van der Waals surface area contributed by atoms with E-state index >= 15 is 0 Å². The van der Waals surface area contributed by atoms with Crippen LogP contribution in [0, 0.1) is 0 Å². The molecular weight excluding hydrogens is 318 g/mol. The van der Waals surface area contributed by atoms with Gasteiger partial charge < -0.3 is 4.90 Å². The monoisotopic (exact) mass is 339 g/mol. The summed E-state index contributed by atoms with van der Waals surface area (Å²) in [4.78, 5) is 23.9. The lowest BCUT2D eigenvalue weighted by Gasteiger charge is -2.43. The van der Waals surface area contributed by atoms with Crippen LogP contribution < -0.4 is 0 Å². The van der Waals surface area contributed by atoms with Crippen LogP contribution in [0.3, 0.4) is 0 Å². The first-order valence-corrected chi connectivity index (χ1v) is 9.67. The Kier molecular flexibility index (Phi) is 4.52. The number of fused-ring (bicyclic) bond motifs is 1. The maximum Gasteiger partial charge on any atom is 0.257 e. The highest BCUT2D eigenvalue weighted by Crippen LogP contribution is 2.36. The van der Waals surface area contributed by atoms with Crippen LogP contribution in [0.5, 0.6) is 0 Å². The van der Waals surface area contributed by atoms with E-state index in [1.165, 1.54) is 25.6 Å². The van der Waals surface area contributed by atoms with Crippen LogP contribution in [0.2, 0.25) is 0 Å². The lowest BCUT2D eigenvalue weighted by atomic mass is 9.92. The molecule has 0 N–H and O–H groups in total. The van der Waals surface area contributed by atoms with E-state index in [-0.39, 0.29) is 5.91 Å². The van der Waals surface area contributed by atoms with E-state index in [9.17, 15) is 4.79 Å². The van der Waals surface area contributed by atoms with Crippen molar-refractivity contribution >= 4 is 17.7 Å². The second kappa shape index (κ2) is 6.93. The summed E-state index contributed by atoms with van der Waals surface area (Å²) in [5.41, 5.74) is 2.33. The first-order chi connectivity index (χ1) is 11.8. The minimum absolute atomic E-state index is 0.0895. The fourth-order valence-electron chi connectivity index (χ4n) is 3.82. The van der Waals surface area contributed by atoms with E-state index in [0.29, 0.717) is 16.9 Å². The Labute approximate surface area is 146 Å². The molecule has 1 saturated heterocycles. The number of nitrogens with zero attached hydrogens (tertiary/aromatic N) is 3. The summed E-state index contributed by atoms with van der Waals surface area (Å²) in [7, 11) is 0. The van der Waals surface area contributed by atoms with E-state index in [0.717, 1.165) is 30.0 Å². The predicted octanol–water partition coefficient (Wildman–Crippen LogP) is 3.64. The Morgan fingerprint density at radius 3 is 2.88 bits per heavy atom. The summed E-state index contributed by atoms with van der Waals surface area (Å²) in [5.74, 6) is 1.12. The average molecular weight is 339 g/mol. The van der Waals surface area contributed by atoms with E-state index in [4.69, 9.17) is 0 Å². The van der Waals surface area contributed by atoms with Crippen LogP contribution >= 0.6 is 11.8 Å². The lowest BCUT2D eigenvalue weighted by molar-refractivity contribution is 0.0646. The number of thioether (sulfide) groups is 1. The van der Waals surface area contributed by atoms with Crippen LogP contribution in [0.25, 0.3) is 11.3 Å². The molecule has 4 rings (SSSR count). The first kappa shape index (κ1) is 15.6. The molecule has 1 aromatic carbocycles. The molecule has 0 radical (unpaired) electrons. The molecule has 2 fully saturated rings. The molecule has 1 amide bonds. The highest BCUT2D eigenvalue weighted by Gasteiger charge is 2.37. The Bertz CT molecular complexity index is 720. The van der Waals surface area contributed by atoms with Gasteiger partial charge in [0.25, 0.3) is 5.91 Å². The Hall–Kier alpha value is -1.88. The van der Waals surface area contributed by atoms with E-state index in [2.05, 4.69) is 14.9 Å². The number of hydrogen-bond acceptors (Lipinski definition) is 4. The summed E-state index contributed by atoms with van der Waals surface area (Å²) in [6, 6.07) is 10.3. The van der Waals surface area contributed by atoms with Gasteiger partial charge in [0.2, 0.25) is 0 Å². The second-order valence-electron chi connectivity index (χ2n) is 6.41. The molecule has 2 aromatic rings. The average Bonchev–Trinajstić information content (AvgIpc) is 2.68. The van der Waals surface area contributed by atoms with Crippen molar-refractivity contribution in [2.45, 2.75) is 37.0 Å². The number of rotatable bonds is 2. The molecule has 1 aliphatic heterocycles. The SMILES string of the molecule is O=C(c1cncnc1-c1ccccc1)N1CCS[C@H]2CCCC[C@H]21. The zero-order valence-corrected chi connectivity index (χ0v) is 14.4. The van der Waals surface area contributed by atoms with Gasteiger partial charge in [0.15, 0.2) is 0 Å². The number of hydrogen-bond donors (Lipinski definition) is 0.